The van der Waals surface area contributed by atoms with Gasteiger partial charge in [0.15, 0.2) is 5.78 Å². The normalized spacial score (nSPS) is 15.9. The number of hydrogen-bond donors (Lipinski definition) is 0. The molecule has 0 saturated carbocycles. The Hall–Kier alpha value is -0.570. The van der Waals surface area contributed by atoms with E-state index in [2.05, 4.69) is 15.9 Å². The molecule has 0 saturated heterocycles. The number of aryl methyl sites for hydroxylation is 1. The van der Waals surface area contributed by atoms with E-state index in [0.717, 1.165) is 16.7 Å². The maximum atomic E-state index is 11.1. The minimum Gasteiger partial charge on any atom is -0.344 e. The van der Waals surface area contributed by atoms with E-state index < -0.39 is 0 Å². The van der Waals surface area contributed by atoms with Crippen molar-refractivity contribution < 1.29 is 4.79 Å². The van der Waals surface area contributed by atoms with Crippen molar-refractivity contribution in [3.63, 3.8) is 0 Å². The SMILES string of the molecule is O=C1CCn2ccc(Br)c21. The number of hydrogen-bond acceptors (Lipinski definition) is 1. The second-order valence-electron chi connectivity index (χ2n) is 2.38. The summed E-state index contributed by atoms with van der Waals surface area (Å²) < 4.78 is 2.90. The van der Waals surface area contributed by atoms with Crippen LogP contribution < -0.4 is 0 Å². The summed E-state index contributed by atoms with van der Waals surface area (Å²) in [5.41, 5.74) is 0.833. The molecule has 2 rings (SSSR count). The van der Waals surface area contributed by atoms with Crippen molar-refractivity contribution in [1.29, 1.82) is 0 Å². The van der Waals surface area contributed by atoms with Crippen LogP contribution in [-0.4, -0.2) is 10.4 Å². The highest BCUT2D eigenvalue weighted by Gasteiger charge is 2.21. The summed E-state index contributed by atoms with van der Waals surface area (Å²) in [6.45, 7) is 0.847. The molecule has 1 aliphatic rings. The van der Waals surface area contributed by atoms with E-state index in [1.165, 1.54) is 0 Å². The molecule has 2 heterocycles. The van der Waals surface area contributed by atoms with Crippen molar-refractivity contribution in [3.8, 4) is 0 Å². The predicted octanol–water partition coefficient (Wildman–Crippen LogP) is 1.84. The van der Waals surface area contributed by atoms with E-state index in [1.54, 1.807) is 0 Å². The van der Waals surface area contributed by atoms with Crippen LogP contribution in [0.1, 0.15) is 16.9 Å². The van der Waals surface area contributed by atoms with Crippen molar-refractivity contribution in [2.24, 2.45) is 0 Å². The summed E-state index contributed by atoms with van der Waals surface area (Å²) in [5, 5.41) is 0. The molecule has 3 heteroatoms. The zero-order chi connectivity index (χ0) is 7.14. The largest absolute Gasteiger partial charge is 0.344 e. The van der Waals surface area contributed by atoms with Gasteiger partial charge in [-0.2, -0.15) is 0 Å². The molecular formula is C7H6BrNO. The van der Waals surface area contributed by atoms with Gasteiger partial charge >= 0.3 is 0 Å². The highest BCUT2D eigenvalue weighted by Crippen LogP contribution is 2.24. The zero-order valence-corrected chi connectivity index (χ0v) is 6.89. The quantitative estimate of drug-likeness (QED) is 0.626. The number of ketones is 1. The zero-order valence-electron chi connectivity index (χ0n) is 5.30. The number of rotatable bonds is 0. The van der Waals surface area contributed by atoms with Gasteiger partial charge in [-0.15, -0.1) is 0 Å². The Balaban J connectivity index is 2.65. The number of halogens is 1. The third kappa shape index (κ3) is 0.669. The van der Waals surface area contributed by atoms with Crippen molar-refractivity contribution in [1.82, 2.24) is 4.57 Å². The number of aromatic nitrogens is 1. The Kier molecular flexibility index (Phi) is 1.20. The van der Waals surface area contributed by atoms with Crippen molar-refractivity contribution in [2.75, 3.05) is 0 Å². The maximum Gasteiger partial charge on any atom is 0.182 e. The molecule has 0 spiro atoms. The summed E-state index contributed by atoms with van der Waals surface area (Å²) in [6.07, 6.45) is 2.60. The number of Topliss-reactive ketones (excluding diaryl/α,β-unsaturated/α-hetero) is 1. The summed E-state index contributed by atoms with van der Waals surface area (Å²) in [6, 6.07) is 1.91. The Labute approximate surface area is 67.0 Å². The van der Waals surface area contributed by atoms with Gasteiger partial charge in [0, 0.05) is 23.6 Å². The molecule has 0 bridgehead atoms. The molecule has 0 aromatic carbocycles. The molecule has 0 amide bonds. The molecule has 1 aromatic rings. The Morgan fingerprint density at radius 2 is 2.40 bits per heavy atom. The predicted molar refractivity (Wildman–Crippen MR) is 41.1 cm³/mol. The highest BCUT2D eigenvalue weighted by atomic mass is 79.9. The van der Waals surface area contributed by atoms with Crippen LogP contribution in [0.15, 0.2) is 16.7 Å². The fourth-order valence-electron chi connectivity index (χ4n) is 1.27. The molecule has 2 nitrogen and oxygen atoms in total. The van der Waals surface area contributed by atoms with Crippen LogP contribution in [0.3, 0.4) is 0 Å². The maximum absolute atomic E-state index is 11.1. The van der Waals surface area contributed by atoms with E-state index in [4.69, 9.17) is 0 Å². The summed E-state index contributed by atoms with van der Waals surface area (Å²) >= 11 is 3.32. The Morgan fingerprint density at radius 1 is 1.60 bits per heavy atom. The average molecular weight is 200 g/mol. The first kappa shape index (κ1) is 6.16. The van der Waals surface area contributed by atoms with E-state index in [9.17, 15) is 4.79 Å². The van der Waals surface area contributed by atoms with E-state index in [1.807, 2.05) is 16.8 Å². The number of nitrogens with zero attached hydrogens (tertiary/aromatic N) is 1. The fourth-order valence-corrected chi connectivity index (χ4v) is 1.83. The summed E-state index contributed by atoms with van der Waals surface area (Å²) in [7, 11) is 0. The molecule has 0 radical (unpaired) electrons. The highest BCUT2D eigenvalue weighted by molar-refractivity contribution is 9.10. The van der Waals surface area contributed by atoms with Crippen LogP contribution in [0.2, 0.25) is 0 Å². The third-order valence-corrected chi connectivity index (χ3v) is 2.40. The van der Waals surface area contributed by atoms with Gasteiger partial charge in [-0.3, -0.25) is 4.79 Å². The second-order valence-corrected chi connectivity index (χ2v) is 3.23. The van der Waals surface area contributed by atoms with Gasteiger partial charge in [-0.1, -0.05) is 0 Å². The lowest BCUT2D eigenvalue weighted by atomic mass is 10.3. The standard InChI is InChI=1S/C7H6BrNO/c8-5-1-3-9-4-2-6(10)7(5)9/h1,3H,2,4H2. The molecule has 10 heavy (non-hydrogen) atoms. The van der Waals surface area contributed by atoms with E-state index in [0.29, 0.717) is 6.42 Å². The van der Waals surface area contributed by atoms with Crippen LogP contribution in [-0.2, 0) is 6.54 Å². The van der Waals surface area contributed by atoms with Crippen LogP contribution in [0, 0.1) is 0 Å². The molecule has 1 aromatic heterocycles. The molecule has 0 unspecified atom stereocenters. The first-order valence-electron chi connectivity index (χ1n) is 3.17. The van der Waals surface area contributed by atoms with Gasteiger partial charge in [-0.25, -0.2) is 0 Å². The molecule has 52 valence electrons. The first-order valence-corrected chi connectivity index (χ1v) is 3.96. The van der Waals surface area contributed by atoms with Crippen LogP contribution in [0.25, 0.3) is 0 Å². The lowest BCUT2D eigenvalue weighted by Crippen LogP contribution is -1.91. The van der Waals surface area contributed by atoms with Crippen LogP contribution in [0.4, 0.5) is 0 Å². The van der Waals surface area contributed by atoms with Gasteiger partial charge in [0.25, 0.3) is 0 Å². The van der Waals surface area contributed by atoms with Crippen molar-refractivity contribution >= 4 is 21.7 Å². The Bertz CT molecular complexity index is 290. The summed E-state index contributed by atoms with van der Waals surface area (Å²) in [4.78, 5) is 11.1. The molecule has 0 fully saturated rings. The number of carbonyl (C=O) groups excluding carboxylic acids is 1. The smallest absolute Gasteiger partial charge is 0.182 e. The van der Waals surface area contributed by atoms with Crippen molar-refractivity contribution in [3.05, 3.63) is 22.4 Å². The summed E-state index contributed by atoms with van der Waals surface area (Å²) in [5.74, 6) is 0.247. The van der Waals surface area contributed by atoms with E-state index in [-0.39, 0.29) is 5.78 Å². The lowest BCUT2D eigenvalue weighted by molar-refractivity contribution is 0.0994. The third-order valence-electron chi connectivity index (χ3n) is 1.76. The Morgan fingerprint density at radius 3 is 3.10 bits per heavy atom. The van der Waals surface area contributed by atoms with Gasteiger partial charge in [0.1, 0.15) is 0 Å². The lowest BCUT2D eigenvalue weighted by Gasteiger charge is -1.90. The average Bonchev–Trinajstić information content (AvgIpc) is 2.40. The van der Waals surface area contributed by atoms with Crippen LogP contribution in [0.5, 0.6) is 0 Å². The monoisotopic (exact) mass is 199 g/mol. The van der Waals surface area contributed by atoms with Crippen LogP contribution >= 0.6 is 15.9 Å². The van der Waals surface area contributed by atoms with Crippen molar-refractivity contribution in [2.45, 2.75) is 13.0 Å². The number of carbonyl (C=O) groups is 1. The van der Waals surface area contributed by atoms with Gasteiger partial charge < -0.3 is 4.57 Å². The van der Waals surface area contributed by atoms with Gasteiger partial charge in [0.2, 0.25) is 0 Å². The van der Waals surface area contributed by atoms with Gasteiger partial charge in [-0.05, 0) is 22.0 Å². The molecule has 1 aliphatic heterocycles. The van der Waals surface area contributed by atoms with Gasteiger partial charge in [0.05, 0.1) is 5.69 Å². The minimum absolute atomic E-state index is 0.247. The minimum atomic E-state index is 0.247. The first-order chi connectivity index (χ1) is 4.79. The molecule has 0 N–H and O–H groups in total. The molecule has 0 aliphatic carbocycles. The van der Waals surface area contributed by atoms with E-state index >= 15 is 0 Å². The molecule has 0 atom stereocenters. The molecular weight excluding hydrogens is 194 g/mol. The number of fused-ring (bicyclic) bond motifs is 1. The topological polar surface area (TPSA) is 22.0 Å². The fraction of sp³-hybridized carbons (Fsp3) is 0.286. The second kappa shape index (κ2) is 1.95.